The molecule has 0 radical (unpaired) electrons. The van der Waals surface area contributed by atoms with E-state index in [2.05, 4.69) is 20.2 Å². The lowest BCUT2D eigenvalue weighted by molar-refractivity contribution is -0.139. The average molecular weight is 614 g/mol. The quantitative estimate of drug-likeness (QED) is 0.170. The number of nitrogens with zero attached hydrogens (tertiary/aromatic N) is 3. The molecule has 1 aliphatic rings. The van der Waals surface area contributed by atoms with Crippen LogP contribution in [0.25, 0.3) is 33.7 Å². The molecule has 1 aliphatic carbocycles. The fourth-order valence-electron chi connectivity index (χ4n) is 5.43. The zero-order valence-corrected chi connectivity index (χ0v) is 24.8. The van der Waals surface area contributed by atoms with Gasteiger partial charge in [0.25, 0.3) is 5.91 Å². The number of fused-ring (bicyclic) bond motifs is 1. The number of amides is 2. The summed E-state index contributed by atoms with van der Waals surface area (Å²) in [5, 5.41) is 16.5. The Kier molecular flexibility index (Phi) is 8.42. The second-order valence-electron chi connectivity index (χ2n) is 10.7. The summed E-state index contributed by atoms with van der Waals surface area (Å²) in [6.45, 7) is 1.19. The Morgan fingerprint density at radius 1 is 1.07 bits per heavy atom. The van der Waals surface area contributed by atoms with E-state index >= 15 is 0 Å². The number of hydrogen-bond acceptors (Lipinski definition) is 8. The molecular formula is C32H31N5O6S. The molecule has 2 aromatic carbocycles. The summed E-state index contributed by atoms with van der Waals surface area (Å²) in [6.07, 6.45) is 9.09. The number of ether oxygens (including phenoxy) is 1. The summed E-state index contributed by atoms with van der Waals surface area (Å²) in [4.78, 5) is 46.1. The molecule has 6 rings (SSSR count). The van der Waals surface area contributed by atoms with Gasteiger partial charge in [0.15, 0.2) is 11.7 Å². The van der Waals surface area contributed by atoms with Gasteiger partial charge in [0.05, 0.1) is 28.6 Å². The Morgan fingerprint density at radius 3 is 2.59 bits per heavy atom. The van der Waals surface area contributed by atoms with Crippen molar-refractivity contribution in [2.24, 2.45) is 0 Å². The first-order valence-corrected chi connectivity index (χ1v) is 15.3. The Bertz CT molecular complexity index is 1790. The van der Waals surface area contributed by atoms with Gasteiger partial charge < -0.3 is 29.5 Å². The van der Waals surface area contributed by atoms with Gasteiger partial charge in [-0.3, -0.25) is 9.59 Å². The molecule has 0 saturated heterocycles. The molecule has 2 amide bonds. The number of anilines is 1. The molecule has 5 aromatic rings. The molecule has 0 bridgehead atoms. The second kappa shape index (κ2) is 12.7. The Hall–Kier alpha value is -4.97. The fourth-order valence-corrected chi connectivity index (χ4v) is 6.16. The van der Waals surface area contributed by atoms with Gasteiger partial charge in [-0.25, -0.2) is 14.8 Å². The number of thiazole rings is 1. The van der Waals surface area contributed by atoms with Crippen molar-refractivity contribution >= 4 is 45.3 Å². The van der Waals surface area contributed by atoms with Gasteiger partial charge in [-0.05, 0) is 68.3 Å². The molecule has 1 saturated carbocycles. The van der Waals surface area contributed by atoms with Crippen molar-refractivity contribution in [1.82, 2.24) is 19.9 Å². The lowest BCUT2D eigenvalue weighted by Gasteiger charge is -2.25. The van der Waals surface area contributed by atoms with Gasteiger partial charge in [0.2, 0.25) is 5.91 Å². The lowest BCUT2D eigenvalue weighted by atomic mass is 9.95. The van der Waals surface area contributed by atoms with Crippen molar-refractivity contribution in [3.05, 3.63) is 72.0 Å². The average Bonchev–Trinajstić information content (AvgIpc) is 3.80. The number of carbonyl (C=O) groups is 3. The van der Waals surface area contributed by atoms with Gasteiger partial charge in [-0.1, -0.05) is 19.3 Å². The number of rotatable bonds is 10. The van der Waals surface area contributed by atoms with Crippen molar-refractivity contribution in [3.63, 3.8) is 0 Å². The molecule has 1 atom stereocenters. The normalized spacial score (nSPS) is 14.3. The van der Waals surface area contributed by atoms with Crippen LogP contribution in [-0.2, 0) is 9.59 Å². The molecule has 3 N–H and O–H groups in total. The van der Waals surface area contributed by atoms with E-state index in [0.717, 1.165) is 35.3 Å². The monoisotopic (exact) mass is 613 g/mol. The van der Waals surface area contributed by atoms with Crippen molar-refractivity contribution in [1.29, 1.82) is 0 Å². The van der Waals surface area contributed by atoms with E-state index in [1.807, 2.05) is 12.1 Å². The number of furan rings is 1. The topological polar surface area (TPSA) is 149 Å². The van der Waals surface area contributed by atoms with Crippen LogP contribution >= 0.6 is 11.3 Å². The Morgan fingerprint density at radius 2 is 1.86 bits per heavy atom. The molecule has 1 fully saturated rings. The van der Waals surface area contributed by atoms with Crippen LogP contribution in [0.15, 0.2) is 70.9 Å². The maximum absolute atomic E-state index is 13.2. The molecule has 3 heterocycles. The SMILES string of the molecule is C[C@@H](NC(=O)c1ccc2c(c1)nc(-c1ccoc1)n2C1CCCCC1)C(=O)Nc1nc(-c2ccc(OCC(=O)O)cc2)cs1. The van der Waals surface area contributed by atoms with Crippen LogP contribution < -0.4 is 15.4 Å². The van der Waals surface area contributed by atoms with E-state index in [1.54, 1.807) is 61.2 Å². The van der Waals surface area contributed by atoms with Crippen molar-refractivity contribution in [2.45, 2.75) is 51.1 Å². The van der Waals surface area contributed by atoms with Crippen LogP contribution in [0.5, 0.6) is 5.75 Å². The summed E-state index contributed by atoms with van der Waals surface area (Å²) in [5.74, 6) is -0.573. The number of benzene rings is 2. The Balaban J connectivity index is 1.12. The number of nitrogens with one attached hydrogen (secondary N) is 2. The summed E-state index contributed by atoms with van der Waals surface area (Å²) in [5.41, 5.74) is 4.42. The third-order valence-corrected chi connectivity index (χ3v) is 8.42. The molecule has 226 valence electrons. The molecule has 11 nitrogen and oxygen atoms in total. The maximum Gasteiger partial charge on any atom is 0.341 e. The maximum atomic E-state index is 13.2. The zero-order valence-electron chi connectivity index (χ0n) is 24.0. The van der Waals surface area contributed by atoms with E-state index in [9.17, 15) is 14.4 Å². The minimum Gasteiger partial charge on any atom is -0.482 e. The van der Waals surface area contributed by atoms with E-state index in [0.29, 0.717) is 33.7 Å². The molecule has 3 aromatic heterocycles. The number of imidazole rings is 1. The number of hydrogen-bond donors (Lipinski definition) is 3. The van der Waals surface area contributed by atoms with E-state index < -0.39 is 24.5 Å². The zero-order chi connectivity index (χ0) is 30.6. The largest absolute Gasteiger partial charge is 0.482 e. The second-order valence-corrected chi connectivity index (χ2v) is 11.6. The van der Waals surface area contributed by atoms with Crippen LogP contribution in [0.3, 0.4) is 0 Å². The third kappa shape index (κ3) is 6.35. The number of carbonyl (C=O) groups excluding carboxylic acids is 2. The van der Waals surface area contributed by atoms with E-state index in [-0.39, 0.29) is 5.91 Å². The van der Waals surface area contributed by atoms with Gasteiger partial charge in [-0.15, -0.1) is 11.3 Å². The van der Waals surface area contributed by atoms with Crippen LogP contribution in [0, 0.1) is 0 Å². The van der Waals surface area contributed by atoms with Gasteiger partial charge in [0, 0.05) is 22.5 Å². The number of aliphatic carboxylic acids is 1. The van der Waals surface area contributed by atoms with Crippen molar-refractivity contribution in [3.8, 4) is 28.4 Å². The highest BCUT2D eigenvalue weighted by atomic mass is 32.1. The van der Waals surface area contributed by atoms with Crippen LogP contribution in [0.4, 0.5) is 5.13 Å². The van der Waals surface area contributed by atoms with Gasteiger partial charge in [-0.2, -0.15) is 0 Å². The first-order valence-electron chi connectivity index (χ1n) is 14.4. The summed E-state index contributed by atoms with van der Waals surface area (Å²) >= 11 is 1.26. The number of aromatic nitrogens is 3. The smallest absolute Gasteiger partial charge is 0.341 e. The highest BCUT2D eigenvalue weighted by Gasteiger charge is 2.24. The summed E-state index contributed by atoms with van der Waals surface area (Å²) in [6, 6.07) is 13.7. The third-order valence-electron chi connectivity index (χ3n) is 7.66. The highest BCUT2D eigenvalue weighted by molar-refractivity contribution is 7.14. The molecule has 0 spiro atoms. The minimum absolute atomic E-state index is 0.339. The van der Waals surface area contributed by atoms with E-state index in [1.165, 1.54) is 30.6 Å². The summed E-state index contributed by atoms with van der Waals surface area (Å²) in [7, 11) is 0. The molecular weight excluding hydrogens is 582 g/mol. The standard InChI is InChI=1S/C32H31N5O6S/c1-19(30(40)36-32-35-26(18-44-32)20-7-10-24(11-8-20)43-17-28(38)39)33-31(41)21-9-12-27-25(15-21)34-29(22-13-14-42-16-22)37(27)23-5-3-2-4-6-23/h7-16,18-19,23H,2-6,17H2,1H3,(H,33,41)(H,38,39)(H,35,36,40)/t19-/m1/s1. The van der Waals surface area contributed by atoms with Crippen LogP contribution in [0.1, 0.15) is 55.4 Å². The number of carboxylic acids is 1. The highest BCUT2D eigenvalue weighted by Crippen LogP contribution is 2.36. The number of carboxylic acid groups (broad SMARTS) is 1. The van der Waals surface area contributed by atoms with Crippen LogP contribution in [0.2, 0.25) is 0 Å². The van der Waals surface area contributed by atoms with Gasteiger partial charge >= 0.3 is 5.97 Å². The predicted octanol–water partition coefficient (Wildman–Crippen LogP) is 6.15. The molecule has 0 aliphatic heterocycles. The first-order chi connectivity index (χ1) is 21.4. The molecule has 44 heavy (non-hydrogen) atoms. The Labute approximate surface area is 256 Å². The van der Waals surface area contributed by atoms with Gasteiger partial charge in [0.1, 0.15) is 23.9 Å². The predicted molar refractivity (Wildman–Crippen MR) is 166 cm³/mol. The molecule has 0 unspecified atom stereocenters. The fraction of sp³-hybridized carbons (Fsp3) is 0.281. The van der Waals surface area contributed by atoms with Crippen molar-refractivity contribution in [2.75, 3.05) is 11.9 Å². The minimum atomic E-state index is -1.05. The van der Waals surface area contributed by atoms with Crippen molar-refractivity contribution < 1.29 is 28.6 Å². The summed E-state index contributed by atoms with van der Waals surface area (Å²) < 4.78 is 12.8. The lowest BCUT2D eigenvalue weighted by Crippen LogP contribution is -2.41. The van der Waals surface area contributed by atoms with Crippen LogP contribution in [-0.4, -0.2) is 50.1 Å². The van der Waals surface area contributed by atoms with E-state index in [4.69, 9.17) is 19.2 Å². The first kappa shape index (κ1) is 29.1. The molecule has 12 heteroatoms.